The first-order chi connectivity index (χ1) is 13.9. The van der Waals surface area contributed by atoms with Gasteiger partial charge < -0.3 is 5.32 Å². The van der Waals surface area contributed by atoms with Crippen molar-refractivity contribution < 1.29 is 13.2 Å². The minimum absolute atomic E-state index is 0.225. The van der Waals surface area contributed by atoms with Gasteiger partial charge in [-0.15, -0.1) is 0 Å². The Bertz CT molecular complexity index is 1160. The fraction of sp³-hybridized carbons (Fsp3) is 0.174. The molecule has 0 atom stereocenters. The van der Waals surface area contributed by atoms with Crippen molar-refractivity contribution in [2.24, 2.45) is 0 Å². The smallest absolute Gasteiger partial charge is 0.255 e. The van der Waals surface area contributed by atoms with Crippen molar-refractivity contribution in [3.8, 4) is 0 Å². The molecular formula is C23H22N2O3S. The molecule has 0 radical (unpaired) electrons. The second kappa shape index (κ2) is 7.81. The van der Waals surface area contributed by atoms with Crippen molar-refractivity contribution >= 4 is 21.6 Å². The van der Waals surface area contributed by atoms with Crippen LogP contribution in [0.2, 0.25) is 0 Å². The van der Waals surface area contributed by atoms with Crippen LogP contribution in [0.1, 0.15) is 27.0 Å². The van der Waals surface area contributed by atoms with Gasteiger partial charge in [-0.25, -0.2) is 8.42 Å². The van der Waals surface area contributed by atoms with Gasteiger partial charge in [0.05, 0.1) is 4.90 Å². The van der Waals surface area contributed by atoms with Gasteiger partial charge in [0, 0.05) is 24.3 Å². The molecule has 1 amide bonds. The summed E-state index contributed by atoms with van der Waals surface area (Å²) >= 11 is 0. The Hall–Kier alpha value is -2.96. The summed E-state index contributed by atoms with van der Waals surface area (Å²) in [4.78, 5) is 12.6. The third-order valence-corrected chi connectivity index (χ3v) is 7.06. The van der Waals surface area contributed by atoms with E-state index in [4.69, 9.17) is 0 Å². The zero-order valence-electron chi connectivity index (χ0n) is 16.1. The number of anilines is 1. The highest BCUT2D eigenvalue weighted by Gasteiger charge is 2.28. The molecule has 148 valence electrons. The second-order valence-electron chi connectivity index (χ2n) is 7.15. The van der Waals surface area contributed by atoms with Gasteiger partial charge >= 0.3 is 0 Å². The summed E-state index contributed by atoms with van der Waals surface area (Å²) in [5.74, 6) is -0.225. The first kappa shape index (κ1) is 19.4. The molecule has 1 N–H and O–H groups in total. The molecular weight excluding hydrogens is 384 g/mol. The Morgan fingerprint density at radius 2 is 1.62 bits per heavy atom. The molecule has 1 aliphatic heterocycles. The molecule has 0 saturated carbocycles. The lowest BCUT2D eigenvalue weighted by Gasteiger charge is -2.28. The number of carbonyl (C=O) groups excluding carboxylic acids is 1. The maximum absolute atomic E-state index is 13.1. The van der Waals surface area contributed by atoms with Crippen LogP contribution in [0.3, 0.4) is 0 Å². The van der Waals surface area contributed by atoms with E-state index in [0.717, 1.165) is 5.56 Å². The lowest BCUT2D eigenvalue weighted by molar-refractivity contribution is 0.102. The van der Waals surface area contributed by atoms with Gasteiger partial charge in [-0.3, -0.25) is 4.79 Å². The van der Waals surface area contributed by atoms with Gasteiger partial charge in [-0.1, -0.05) is 42.5 Å². The second-order valence-corrected chi connectivity index (χ2v) is 9.09. The molecule has 0 fully saturated rings. The van der Waals surface area contributed by atoms with Crippen molar-refractivity contribution in [1.29, 1.82) is 0 Å². The number of rotatable bonds is 4. The van der Waals surface area contributed by atoms with E-state index in [1.807, 2.05) is 30.3 Å². The average molecular weight is 407 g/mol. The van der Waals surface area contributed by atoms with Gasteiger partial charge in [0.25, 0.3) is 5.91 Å². The van der Waals surface area contributed by atoms with E-state index < -0.39 is 10.0 Å². The minimum atomic E-state index is -3.60. The molecule has 1 heterocycles. The maximum Gasteiger partial charge on any atom is 0.255 e. The van der Waals surface area contributed by atoms with Crippen molar-refractivity contribution in [2.45, 2.75) is 24.8 Å². The first-order valence-electron chi connectivity index (χ1n) is 9.49. The summed E-state index contributed by atoms with van der Waals surface area (Å²) in [6, 6.07) is 21.7. The number of benzene rings is 3. The molecule has 5 nitrogen and oxygen atoms in total. The van der Waals surface area contributed by atoms with E-state index in [-0.39, 0.29) is 10.8 Å². The highest BCUT2D eigenvalue weighted by molar-refractivity contribution is 7.89. The maximum atomic E-state index is 13.1. The van der Waals surface area contributed by atoms with Crippen LogP contribution in [0.25, 0.3) is 0 Å². The third kappa shape index (κ3) is 3.95. The molecule has 0 saturated heterocycles. The molecule has 0 aliphatic carbocycles. The van der Waals surface area contributed by atoms with Gasteiger partial charge in [0.15, 0.2) is 0 Å². The van der Waals surface area contributed by atoms with Crippen molar-refractivity contribution in [3.05, 3.63) is 95.1 Å². The number of nitrogens with zero attached hydrogens (tertiary/aromatic N) is 1. The molecule has 1 aliphatic rings. The van der Waals surface area contributed by atoms with Gasteiger partial charge in [0.1, 0.15) is 0 Å². The average Bonchev–Trinajstić information content (AvgIpc) is 2.75. The van der Waals surface area contributed by atoms with E-state index in [2.05, 4.69) is 5.32 Å². The predicted octanol–water partition coefficient (Wildman–Crippen LogP) is 3.99. The summed E-state index contributed by atoms with van der Waals surface area (Å²) in [6.07, 6.45) is 0.708. The van der Waals surface area contributed by atoms with Crippen LogP contribution in [-0.4, -0.2) is 25.2 Å². The topological polar surface area (TPSA) is 66.5 Å². The van der Waals surface area contributed by atoms with Crippen LogP contribution in [0.5, 0.6) is 0 Å². The minimum Gasteiger partial charge on any atom is -0.322 e. The number of hydrogen-bond acceptors (Lipinski definition) is 3. The largest absolute Gasteiger partial charge is 0.322 e. The van der Waals surface area contributed by atoms with Gasteiger partial charge in [-0.05, 0) is 60.4 Å². The Kier molecular flexibility index (Phi) is 5.22. The quantitative estimate of drug-likeness (QED) is 0.712. The van der Waals surface area contributed by atoms with Gasteiger partial charge in [0.2, 0.25) is 10.0 Å². The Labute approximate surface area is 171 Å². The first-order valence-corrected chi connectivity index (χ1v) is 10.9. The van der Waals surface area contributed by atoms with E-state index in [9.17, 15) is 13.2 Å². The van der Waals surface area contributed by atoms with E-state index in [0.29, 0.717) is 36.3 Å². The molecule has 0 spiro atoms. The van der Waals surface area contributed by atoms with E-state index in [1.165, 1.54) is 9.87 Å². The summed E-state index contributed by atoms with van der Waals surface area (Å²) in [7, 11) is -3.60. The third-order valence-electron chi connectivity index (χ3n) is 5.22. The van der Waals surface area contributed by atoms with Crippen molar-refractivity contribution in [3.63, 3.8) is 0 Å². The molecule has 0 aromatic heterocycles. The summed E-state index contributed by atoms with van der Waals surface area (Å²) in [5.41, 5.74) is 4.10. The number of hydrogen-bond donors (Lipinski definition) is 1. The Morgan fingerprint density at radius 1 is 0.931 bits per heavy atom. The molecule has 0 unspecified atom stereocenters. The highest BCUT2D eigenvalue weighted by atomic mass is 32.2. The molecule has 4 rings (SSSR count). The van der Waals surface area contributed by atoms with Crippen LogP contribution in [0, 0.1) is 6.92 Å². The zero-order chi connectivity index (χ0) is 20.4. The molecule has 3 aromatic carbocycles. The Morgan fingerprint density at radius 3 is 2.34 bits per heavy atom. The normalized spacial score (nSPS) is 14.2. The molecule has 0 bridgehead atoms. The standard InChI is InChI=1S/C23H22N2O3S/c1-17-15-21(11-12-22(17)24-23(26)19-8-3-2-4-9-19)29(27,28)25-14-13-18-7-5-6-10-20(18)16-25/h2-12,15H,13-14,16H2,1H3,(H,24,26). The highest BCUT2D eigenvalue weighted by Crippen LogP contribution is 2.27. The lowest BCUT2D eigenvalue weighted by Crippen LogP contribution is -2.36. The number of aryl methyl sites for hydroxylation is 1. The summed E-state index contributed by atoms with van der Waals surface area (Å²) in [6.45, 7) is 2.64. The fourth-order valence-corrected chi connectivity index (χ4v) is 5.05. The van der Waals surface area contributed by atoms with E-state index >= 15 is 0 Å². The number of carbonyl (C=O) groups is 1. The van der Waals surface area contributed by atoms with Crippen LogP contribution >= 0.6 is 0 Å². The molecule has 29 heavy (non-hydrogen) atoms. The number of amides is 1. The summed E-state index contributed by atoms with van der Waals surface area (Å²) in [5, 5.41) is 2.85. The fourth-order valence-electron chi connectivity index (χ4n) is 3.54. The monoisotopic (exact) mass is 406 g/mol. The van der Waals surface area contributed by atoms with Gasteiger partial charge in [-0.2, -0.15) is 4.31 Å². The zero-order valence-corrected chi connectivity index (χ0v) is 16.9. The van der Waals surface area contributed by atoms with Crippen LogP contribution < -0.4 is 5.32 Å². The van der Waals surface area contributed by atoms with Crippen LogP contribution in [0.4, 0.5) is 5.69 Å². The Balaban J connectivity index is 1.55. The SMILES string of the molecule is Cc1cc(S(=O)(=O)N2CCc3ccccc3C2)ccc1NC(=O)c1ccccc1. The van der Waals surface area contributed by atoms with Crippen molar-refractivity contribution in [1.82, 2.24) is 4.31 Å². The number of sulfonamides is 1. The van der Waals surface area contributed by atoms with E-state index in [1.54, 1.807) is 49.4 Å². The number of fused-ring (bicyclic) bond motifs is 1. The molecule has 3 aromatic rings. The molecule has 6 heteroatoms. The van der Waals surface area contributed by atoms with Crippen molar-refractivity contribution in [2.75, 3.05) is 11.9 Å². The number of nitrogens with one attached hydrogen (secondary N) is 1. The van der Waals surface area contributed by atoms with Crippen LogP contribution in [0.15, 0.2) is 77.7 Å². The van der Waals surface area contributed by atoms with Crippen LogP contribution in [-0.2, 0) is 23.0 Å². The summed E-state index contributed by atoms with van der Waals surface area (Å²) < 4.78 is 27.8. The predicted molar refractivity (Wildman–Crippen MR) is 113 cm³/mol. The lowest BCUT2D eigenvalue weighted by atomic mass is 10.0.